The Morgan fingerprint density at radius 1 is 1.03 bits per heavy atom. The summed E-state index contributed by atoms with van der Waals surface area (Å²) in [5.74, 6) is 0.530. The Balaban J connectivity index is 1.61. The third kappa shape index (κ3) is 4.28. The number of carbonyl (C=O) groups excluding carboxylic acids is 1. The van der Waals surface area contributed by atoms with E-state index in [1.807, 2.05) is 6.07 Å². The van der Waals surface area contributed by atoms with Crippen LogP contribution in [0.5, 0.6) is 11.5 Å². The molecule has 156 valence electrons. The fraction of sp³-hybridized carbons (Fsp3) is 0.130. The molecular weight excluding hydrogens is 457 g/mol. The number of hydrogen-bond donors (Lipinski definition) is 1. The molecule has 4 rings (SSSR count). The monoisotopic (exact) mass is 471 g/mol. The van der Waals surface area contributed by atoms with Crippen molar-refractivity contribution in [2.45, 2.75) is 12.3 Å². The molecule has 0 spiro atoms. The molecule has 1 fully saturated rings. The van der Waals surface area contributed by atoms with Crippen molar-refractivity contribution in [2.75, 3.05) is 17.2 Å². The van der Waals surface area contributed by atoms with Crippen LogP contribution in [0.3, 0.4) is 0 Å². The van der Waals surface area contributed by atoms with E-state index >= 15 is 0 Å². The van der Waals surface area contributed by atoms with Crippen LogP contribution in [0.2, 0.25) is 15.1 Å². The van der Waals surface area contributed by atoms with Crippen molar-refractivity contribution < 1.29 is 9.53 Å². The molecule has 1 aliphatic rings. The Bertz CT molecular complexity index is 1220. The van der Waals surface area contributed by atoms with Gasteiger partial charge in [-0.05, 0) is 48.0 Å². The number of halogens is 3. The minimum absolute atomic E-state index is 0.0128. The summed E-state index contributed by atoms with van der Waals surface area (Å²) in [6.07, 6.45) is 0.332. The molecule has 0 radical (unpaired) electrons. The van der Waals surface area contributed by atoms with Crippen molar-refractivity contribution in [2.24, 2.45) is 0 Å². The van der Waals surface area contributed by atoms with E-state index in [1.165, 1.54) is 0 Å². The van der Waals surface area contributed by atoms with E-state index in [0.29, 0.717) is 50.7 Å². The molecule has 0 bridgehead atoms. The van der Waals surface area contributed by atoms with Gasteiger partial charge >= 0.3 is 0 Å². The van der Waals surface area contributed by atoms with E-state index < -0.39 is 0 Å². The van der Waals surface area contributed by atoms with Gasteiger partial charge in [-0.3, -0.25) is 4.79 Å². The Kier molecular flexibility index (Phi) is 5.97. The molecule has 0 saturated carbocycles. The van der Waals surface area contributed by atoms with Crippen LogP contribution in [0.1, 0.15) is 23.5 Å². The Morgan fingerprint density at radius 3 is 2.58 bits per heavy atom. The number of nitriles is 1. The van der Waals surface area contributed by atoms with Gasteiger partial charge in [0.05, 0.1) is 26.3 Å². The first kappa shape index (κ1) is 21.3. The highest BCUT2D eigenvalue weighted by Crippen LogP contribution is 2.40. The van der Waals surface area contributed by atoms with Crippen LogP contribution >= 0.6 is 34.8 Å². The van der Waals surface area contributed by atoms with Crippen molar-refractivity contribution in [1.82, 2.24) is 0 Å². The zero-order valence-corrected chi connectivity index (χ0v) is 18.4. The number of anilines is 2. The van der Waals surface area contributed by atoms with Gasteiger partial charge in [0.15, 0.2) is 5.75 Å². The Labute approximate surface area is 194 Å². The molecule has 3 aromatic rings. The smallest absolute Gasteiger partial charge is 0.227 e. The second kappa shape index (κ2) is 8.68. The molecular formula is C23H16Cl3N3O2. The minimum Gasteiger partial charge on any atom is -0.453 e. The number of nitrogens with two attached hydrogens (primary N) is 1. The molecule has 1 heterocycles. The summed E-state index contributed by atoms with van der Waals surface area (Å²) >= 11 is 18.7. The molecule has 0 aliphatic carbocycles. The van der Waals surface area contributed by atoms with E-state index in [1.54, 1.807) is 53.4 Å². The van der Waals surface area contributed by atoms with Gasteiger partial charge < -0.3 is 15.4 Å². The van der Waals surface area contributed by atoms with Gasteiger partial charge in [-0.1, -0.05) is 46.9 Å². The van der Waals surface area contributed by atoms with Gasteiger partial charge in [0.2, 0.25) is 5.91 Å². The van der Waals surface area contributed by atoms with Crippen LogP contribution in [-0.4, -0.2) is 12.5 Å². The molecule has 1 amide bonds. The second-order valence-corrected chi connectivity index (χ2v) is 8.35. The standard InChI is InChI=1S/C23H16Cl3N3O2/c24-17-6-4-13(8-21(17)31-23-14(11-27)2-1-3-18(23)25)15-9-22(30)29(12-15)16-5-7-20(28)19(26)10-16/h1-8,10,15H,9,12,28H2/t15-/m0/s1. The fourth-order valence-electron chi connectivity index (χ4n) is 3.53. The maximum Gasteiger partial charge on any atom is 0.227 e. The largest absolute Gasteiger partial charge is 0.453 e. The predicted molar refractivity (Wildman–Crippen MR) is 123 cm³/mol. The van der Waals surface area contributed by atoms with Crippen LogP contribution in [-0.2, 0) is 4.79 Å². The molecule has 0 aromatic heterocycles. The maximum atomic E-state index is 12.7. The molecule has 1 atom stereocenters. The lowest BCUT2D eigenvalue weighted by molar-refractivity contribution is -0.117. The van der Waals surface area contributed by atoms with Crippen LogP contribution in [0.15, 0.2) is 54.6 Å². The fourth-order valence-corrected chi connectivity index (χ4v) is 4.07. The predicted octanol–water partition coefficient (Wildman–Crippen LogP) is 6.41. The molecule has 0 unspecified atom stereocenters. The Morgan fingerprint density at radius 2 is 1.84 bits per heavy atom. The molecule has 8 heteroatoms. The van der Waals surface area contributed by atoms with Crippen LogP contribution in [0.4, 0.5) is 11.4 Å². The number of rotatable bonds is 4. The van der Waals surface area contributed by atoms with E-state index in [9.17, 15) is 10.1 Å². The van der Waals surface area contributed by atoms with Gasteiger partial charge in [-0.2, -0.15) is 5.26 Å². The van der Waals surface area contributed by atoms with Crippen LogP contribution in [0.25, 0.3) is 0 Å². The van der Waals surface area contributed by atoms with Crippen molar-refractivity contribution in [3.63, 3.8) is 0 Å². The zero-order chi connectivity index (χ0) is 22.1. The number of nitrogens with zero attached hydrogens (tertiary/aromatic N) is 2. The van der Waals surface area contributed by atoms with Crippen molar-refractivity contribution in [1.29, 1.82) is 5.26 Å². The van der Waals surface area contributed by atoms with Crippen LogP contribution < -0.4 is 15.4 Å². The van der Waals surface area contributed by atoms with Crippen molar-refractivity contribution in [3.8, 4) is 17.6 Å². The highest BCUT2D eigenvalue weighted by atomic mass is 35.5. The number of benzene rings is 3. The summed E-state index contributed by atoms with van der Waals surface area (Å²) < 4.78 is 5.91. The number of amides is 1. The molecule has 1 aliphatic heterocycles. The van der Waals surface area contributed by atoms with Crippen molar-refractivity contribution >= 4 is 52.1 Å². The summed E-state index contributed by atoms with van der Waals surface area (Å²) in [6, 6.07) is 17.5. The Hall–Kier alpha value is -2.91. The first-order valence-corrected chi connectivity index (χ1v) is 10.5. The van der Waals surface area contributed by atoms with E-state index in [0.717, 1.165) is 5.56 Å². The van der Waals surface area contributed by atoms with Crippen LogP contribution in [0, 0.1) is 11.3 Å². The zero-order valence-electron chi connectivity index (χ0n) is 16.1. The third-order valence-corrected chi connectivity index (χ3v) is 6.08. The number of carbonyl (C=O) groups is 1. The number of para-hydroxylation sites is 1. The average Bonchev–Trinajstić information content (AvgIpc) is 3.14. The second-order valence-electron chi connectivity index (χ2n) is 7.13. The quantitative estimate of drug-likeness (QED) is 0.445. The summed E-state index contributed by atoms with van der Waals surface area (Å²) in [7, 11) is 0. The lowest BCUT2D eigenvalue weighted by Crippen LogP contribution is -2.24. The molecule has 2 N–H and O–H groups in total. The first-order valence-electron chi connectivity index (χ1n) is 9.38. The van der Waals surface area contributed by atoms with Crippen molar-refractivity contribution in [3.05, 3.63) is 80.8 Å². The highest BCUT2D eigenvalue weighted by Gasteiger charge is 2.32. The maximum absolute atomic E-state index is 12.7. The summed E-state index contributed by atoms with van der Waals surface area (Å²) in [6.45, 7) is 0.482. The number of hydrogen-bond acceptors (Lipinski definition) is 4. The summed E-state index contributed by atoms with van der Waals surface area (Å²) in [5, 5.41) is 10.4. The summed E-state index contributed by atoms with van der Waals surface area (Å²) in [4.78, 5) is 14.4. The molecule has 3 aromatic carbocycles. The van der Waals surface area contributed by atoms with Gasteiger partial charge in [0, 0.05) is 24.6 Å². The molecule has 5 nitrogen and oxygen atoms in total. The van der Waals surface area contributed by atoms with E-state index in [4.69, 9.17) is 45.3 Å². The molecule has 1 saturated heterocycles. The molecule has 31 heavy (non-hydrogen) atoms. The lowest BCUT2D eigenvalue weighted by Gasteiger charge is -2.18. The van der Waals surface area contributed by atoms with E-state index in [2.05, 4.69) is 6.07 Å². The topological polar surface area (TPSA) is 79.3 Å². The lowest BCUT2D eigenvalue weighted by atomic mass is 9.98. The highest BCUT2D eigenvalue weighted by molar-refractivity contribution is 6.33. The number of nitrogen functional groups attached to an aromatic ring is 1. The van der Waals surface area contributed by atoms with Gasteiger partial charge in [0.1, 0.15) is 11.8 Å². The summed E-state index contributed by atoms with van der Waals surface area (Å²) in [5.41, 5.74) is 8.13. The van der Waals surface area contributed by atoms with Gasteiger partial charge in [0.25, 0.3) is 0 Å². The SMILES string of the molecule is N#Cc1cccc(Cl)c1Oc1cc([C@H]2CC(=O)N(c3ccc(N)c(Cl)c3)C2)ccc1Cl. The first-order chi connectivity index (χ1) is 14.9. The average molecular weight is 473 g/mol. The van der Waals surface area contributed by atoms with Gasteiger partial charge in [-0.25, -0.2) is 0 Å². The number of ether oxygens (including phenoxy) is 1. The van der Waals surface area contributed by atoms with Gasteiger partial charge in [-0.15, -0.1) is 0 Å². The van der Waals surface area contributed by atoms with E-state index in [-0.39, 0.29) is 17.6 Å². The minimum atomic E-state index is -0.0647. The third-order valence-electron chi connectivity index (χ3n) is 5.15. The normalized spacial score (nSPS) is 15.7.